The third-order valence-corrected chi connectivity index (χ3v) is 7.45. The van der Waals surface area contributed by atoms with E-state index >= 15 is 0 Å². The van der Waals surface area contributed by atoms with Crippen molar-refractivity contribution in [3.05, 3.63) is 69.8 Å². The van der Waals surface area contributed by atoms with Gasteiger partial charge in [0.05, 0.1) is 23.6 Å². The molecule has 2 aromatic carbocycles. The van der Waals surface area contributed by atoms with Gasteiger partial charge in [-0.15, -0.1) is 0 Å². The molecule has 0 saturated carbocycles. The van der Waals surface area contributed by atoms with Gasteiger partial charge in [0.2, 0.25) is 11.8 Å². The molecule has 0 spiro atoms. The number of hydrogen-bond donors (Lipinski definition) is 0. The highest BCUT2D eigenvalue weighted by Crippen LogP contribution is 2.54. The van der Waals surface area contributed by atoms with Crippen molar-refractivity contribution in [3.63, 3.8) is 0 Å². The lowest BCUT2D eigenvalue weighted by atomic mass is 9.79. The molecule has 3 aliphatic heterocycles. The molecule has 0 N–H and O–H groups in total. The van der Waals surface area contributed by atoms with Gasteiger partial charge in [-0.25, -0.2) is 4.90 Å². The van der Waals surface area contributed by atoms with Crippen LogP contribution in [0.2, 0.25) is 0 Å². The quantitative estimate of drug-likeness (QED) is 0.560. The molecule has 2 aromatic rings. The smallest absolute Gasteiger partial charge is 0.240 e. The highest BCUT2D eigenvalue weighted by molar-refractivity contribution is 9.10. The molecule has 0 aliphatic carbocycles. The van der Waals surface area contributed by atoms with E-state index < -0.39 is 23.3 Å². The van der Waals surface area contributed by atoms with E-state index in [0.717, 1.165) is 16.7 Å². The lowest BCUT2D eigenvalue weighted by Crippen LogP contribution is -2.47. The lowest BCUT2D eigenvalue weighted by molar-refractivity contribution is -0.135. The van der Waals surface area contributed by atoms with Crippen molar-refractivity contribution >= 4 is 45.3 Å². The van der Waals surface area contributed by atoms with Gasteiger partial charge in [-0.2, -0.15) is 0 Å². The second-order valence-electron chi connectivity index (χ2n) is 9.91. The highest BCUT2D eigenvalue weighted by atomic mass is 79.9. The van der Waals surface area contributed by atoms with E-state index in [1.54, 1.807) is 6.07 Å². The minimum Gasteiger partial charge on any atom is -0.359 e. The molecule has 5 rings (SSSR count). The van der Waals surface area contributed by atoms with Crippen molar-refractivity contribution in [1.82, 2.24) is 4.90 Å². The molecule has 2 fully saturated rings. The minimum absolute atomic E-state index is 0.0231. The van der Waals surface area contributed by atoms with Gasteiger partial charge < -0.3 is 4.90 Å². The number of carbonyl (C=O) groups is 3. The number of fused-ring (bicyclic) bond motifs is 5. The fraction of sp³-hybridized carbons (Fsp3) is 0.346. The van der Waals surface area contributed by atoms with Gasteiger partial charge >= 0.3 is 0 Å². The van der Waals surface area contributed by atoms with E-state index in [4.69, 9.17) is 0 Å². The highest BCUT2D eigenvalue weighted by Gasteiger charge is 2.65. The topological polar surface area (TPSA) is 57.7 Å². The zero-order chi connectivity index (χ0) is 22.9. The van der Waals surface area contributed by atoms with E-state index in [9.17, 15) is 14.4 Å². The number of benzene rings is 2. The van der Waals surface area contributed by atoms with Gasteiger partial charge in [0.15, 0.2) is 5.78 Å². The number of amides is 2. The van der Waals surface area contributed by atoms with Crippen molar-refractivity contribution in [3.8, 4) is 0 Å². The molecule has 6 heteroatoms. The van der Waals surface area contributed by atoms with Gasteiger partial charge in [-0.1, -0.05) is 51.1 Å². The van der Waals surface area contributed by atoms with Crippen molar-refractivity contribution in [2.45, 2.75) is 39.8 Å². The van der Waals surface area contributed by atoms with E-state index in [2.05, 4.69) is 15.9 Å². The Hall–Kier alpha value is -2.73. The largest absolute Gasteiger partial charge is 0.359 e. The third-order valence-electron chi connectivity index (χ3n) is 6.81. The number of Topliss-reactive ketones (excluding diaryl/α,β-unsaturated/α-hetero) is 1. The standard InChI is InChI=1S/C26H25BrN2O3/c1-14-9-10-18(17(27)13-14)29-24(31)19-20(25(29)32)22(23(30)26(2,3)4)28-12-11-15-7-5-6-8-16(15)21(19)28/h5-13,19-22H,1-4H3/t19-,20+,21-,22+/m0/s1. The van der Waals surface area contributed by atoms with Crippen LogP contribution in [0.3, 0.4) is 0 Å². The summed E-state index contributed by atoms with van der Waals surface area (Å²) in [6.45, 7) is 7.57. The Morgan fingerprint density at radius 2 is 1.69 bits per heavy atom. The number of rotatable bonds is 2. The first-order chi connectivity index (χ1) is 15.1. The zero-order valence-electron chi connectivity index (χ0n) is 18.5. The number of hydrogen-bond acceptors (Lipinski definition) is 4. The second kappa shape index (κ2) is 7.14. The fourth-order valence-corrected chi connectivity index (χ4v) is 6.00. The molecular formula is C26H25BrN2O3. The van der Waals surface area contributed by atoms with Crippen molar-refractivity contribution < 1.29 is 14.4 Å². The van der Waals surface area contributed by atoms with Crippen molar-refractivity contribution in [2.75, 3.05) is 4.90 Å². The number of anilines is 1. The van der Waals surface area contributed by atoms with Gasteiger partial charge in [0.25, 0.3) is 0 Å². The van der Waals surface area contributed by atoms with Crippen LogP contribution in [0.5, 0.6) is 0 Å². The van der Waals surface area contributed by atoms with Crippen LogP contribution < -0.4 is 4.90 Å². The van der Waals surface area contributed by atoms with E-state index in [1.165, 1.54) is 4.90 Å². The maximum Gasteiger partial charge on any atom is 0.240 e. The average molecular weight is 493 g/mol. The van der Waals surface area contributed by atoms with E-state index in [-0.39, 0.29) is 23.6 Å². The second-order valence-corrected chi connectivity index (χ2v) is 10.8. The first-order valence-electron chi connectivity index (χ1n) is 10.8. The predicted molar refractivity (Wildman–Crippen MR) is 127 cm³/mol. The number of imide groups is 1. The molecule has 0 unspecified atom stereocenters. The molecule has 0 radical (unpaired) electrons. The number of carbonyl (C=O) groups excluding carboxylic acids is 3. The molecule has 5 nitrogen and oxygen atoms in total. The maximum absolute atomic E-state index is 13.8. The van der Waals surface area contributed by atoms with Gasteiger partial charge in [-0.3, -0.25) is 14.4 Å². The Morgan fingerprint density at radius 3 is 2.38 bits per heavy atom. The van der Waals surface area contributed by atoms with Crippen molar-refractivity contribution in [2.24, 2.45) is 17.3 Å². The van der Waals surface area contributed by atoms with Gasteiger partial charge in [0.1, 0.15) is 6.04 Å². The Kier molecular flexibility index (Phi) is 4.71. The first kappa shape index (κ1) is 21.1. The lowest BCUT2D eigenvalue weighted by Gasteiger charge is -2.37. The SMILES string of the molecule is Cc1ccc(N2C(=O)[C@@H]3[C@H](C2=O)[C@@H]2c4ccccc4C=CN2[C@H]3C(=O)C(C)(C)C)c(Br)c1. The number of aryl methyl sites for hydroxylation is 1. The van der Waals surface area contributed by atoms with Crippen LogP contribution in [0.15, 0.2) is 53.1 Å². The van der Waals surface area contributed by atoms with E-state index in [1.807, 2.05) is 81.3 Å². The summed E-state index contributed by atoms with van der Waals surface area (Å²) in [5, 5.41) is 0. The summed E-state index contributed by atoms with van der Waals surface area (Å²) in [5.74, 6) is -1.90. The molecule has 2 saturated heterocycles. The molecular weight excluding hydrogens is 468 g/mol. The molecule has 4 atom stereocenters. The van der Waals surface area contributed by atoms with Crippen LogP contribution in [-0.4, -0.2) is 28.5 Å². The van der Waals surface area contributed by atoms with Crippen LogP contribution in [0.25, 0.3) is 6.08 Å². The summed E-state index contributed by atoms with van der Waals surface area (Å²) in [6, 6.07) is 12.5. The average Bonchev–Trinajstić information content (AvgIpc) is 3.20. The van der Waals surface area contributed by atoms with Crippen LogP contribution in [-0.2, 0) is 14.4 Å². The number of halogens is 1. The molecule has 0 bridgehead atoms. The summed E-state index contributed by atoms with van der Waals surface area (Å²) in [4.78, 5) is 44.5. The van der Waals surface area contributed by atoms with Crippen LogP contribution in [0.4, 0.5) is 5.69 Å². The number of nitrogens with zero attached hydrogens (tertiary/aromatic N) is 2. The molecule has 32 heavy (non-hydrogen) atoms. The summed E-state index contributed by atoms with van der Waals surface area (Å²) in [7, 11) is 0. The molecule has 3 heterocycles. The van der Waals surface area contributed by atoms with Crippen LogP contribution in [0, 0.1) is 24.2 Å². The Balaban J connectivity index is 1.68. The van der Waals surface area contributed by atoms with Gasteiger partial charge in [-0.05, 0) is 57.8 Å². The van der Waals surface area contributed by atoms with Gasteiger partial charge in [0, 0.05) is 16.1 Å². The van der Waals surface area contributed by atoms with Crippen molar-refractivity contribution in [1.29, 1.82) is 0 Å². The molecule has 2 amide bonds. The Bertz CT molecular complexity index is 1200. The fourth-order valence-electron chi connectivity index (χ4n) is 5.33. The first-order valence-corrected chi connectivity index (χ1v) is 11.6. The summed E-state index contributed by atoms with van der Waals surface area (Å²) >= 11 is 3.53. The molecule has 164 valence electrons. The van der Waals surface area contributed by atoms with Crippen LogP contribution in [0.1, 0.15) is 43.5 Å². The number of ketones is 1. The third kappa shape index (κ3) is 2.92. The predicted octanol–water partition coefficient (Wildman–Crippen LogP) is 4.89. The van der Waals surface area contributed by atoms with E-state index in [0.29, 0.717) is 10.2 Å². The monoisotopic (exact) mass is 492 g/mol. The molecule has 3 aliphatic rings. The summed E-state index contributed by atoms with van der Waals surface area (Å²) in [5.41, 5.74) is 2.92. The molecule has 0 aromatic heterocycles. The maximum atomic E-state index is 13.8. The minimum atomic E-state index is -0.719. The Labute approximate surface area is 196 Å². The summed E-state index contributed by atoms with van der Waals surface area (Å²) < 4.78 is 0.693. The van der Waals surface area contributed by atoms with Crippen LogP contribution >= 0.6 is 15.9 Å². The Morgan fingerprint density at radius 1 is 1.00 bits per heavy atom. The normalized spacial score (nSPS) is 26.3. The summed E-state index contributed by atoms with van der Waals surface area (Å²) in [6.07, 6.45) is 3.87. The zero-order valence-corrected chi connectivity index (χ0v) is 20.1.